The van der Waals surface area contributed by atoms with Gasteiger partial charge >= 0.3 is 12.3 Å². The highest BCUT2D eigenvalue weighted by Crippen LogP contribution is 2.34. The molecule has 14 heteroatoms. The minimum absolute atomic E-state index is 0.0734. The molecule has 36 heavy (non-hydrogen) atoms. The molecule has 0 unspecified atom stereocenters. The van der Waals surface area contributed by atoms with Crippen molar-refractivity contribution in [2.45, 2.75) is 25.7 Å². The van der Waals surface area contributed by atoms with Crippen molar-refractivity contribution in [2.75, 3.05) is 18.0 Å². The van der Waals surface area contributed by atoms with E-state index in [0.29, 0.717) is 4.57 Å². The lowest BCUT2D eigenvalue weighted by Crippen LogP contribution is -2.56. The van der Waals surface area contributed by atoms with Gasteiger partial charge in [-0.1, -0.05) is 17.7 Å². The first-order valence-corrected chi connectivity index (χ1v) is 10.6. The molecular formula is C22H15ClF5N5O3. The number of hydrogen-bond donors (Lipinski definition) is 0. The van der Waals surface area contributed by atoms with E-state index in [0.717, 1.165) is 29.0 Å². The Hall–Kier alpha value is -3.76. The molecule has 1 saturated heterocycles. The highest BCUT2D eigenvalue weighted by Gasteiger charge is 2.36. The SMILES string of the molecule is N#CCn1c(N2CC(OC(F)F)C2)c(-c2ccc(F)c(C(F)F)c2)c(=O)n(-c2cncc(Cl)c2)c1=O. The minimum Gasteiger partial charge on any atom is -0.352 e. The van der Waals surface area contributed by atoms with Crippen LogP contribution in [0.25, 0.3) is 16.8 Å². The highest BCUT2D eigenvalue weighted by molar-refractivity contribution is 6.30. The fourth-order valence-electron chi connectivity index (χ4n) is 3.89. The first-order valence-electron chi connectivity index (χ1n) is 10.3. The van der Waals surface area contributed by atoms with Gasteiger partial charge in [0.15, 0.2) is 0 Å². The number of pyridine rings is 1. The Morgan fingerprint density at radius 1 is 1.17 bits per heavy atom. The Bertz CT molecular complexity index is 1460. The van der Waals surface area contributed by atoms with E-state index >= 15 is 0 Å². The Kier molecular flexibility index (Phi) is 7.09. The van der Waals surface area contributed by atoms with Crippen LogP contribution in [0.2, 0.25) is 5.02 Å². The van der Waals surface area contributed by atoms with E-state index in [9.17, 15) is 36.8 Å². The van der Waals surface area contributed by atoms with Crippen molar-refractivity contribution in [3.05, 3.63) is 73.9 Å². The molecular weight excluding hydrogens is 513 g/mol. The maximum atomic E-state index is 14.0. The van der Waals surface area contributed by atoms with E-state index in [-0.39, 0.29) is 40.7 Å². The van der Waals surface area contributed by atoms with Crippen molar-refractivity contribution in [3.8, 4) is 22.9 Å². The van der Waals surface area contributed by atoms with Crippen LogP contribution in [0, 0.1) is 17.1 Å². The molecule has 0 amide bonds. The molecule has 3 heterocycles. The lowest BCUT2D eigenvalue weighted by molar-refractivity contribution is -0.167. The Morgan fingerprint density at radius 2 is 1.89 bits per heavy atom. The predicted molar refractivity (Wildman–Crippen MR) is 118 cm³/mol. The van der Waals surface area contributed by atoms with Crippen molar-refractivity contribution in [3.63, 3.8) is 0 Å². The summed E-state index contributed by atoms with van der Waals surface area (Å²) >= 11 is 5.95. The van der Waals surface area contributed by atoms with Gasteiger partial charge < -0.3 is 9.64 Å². The van der Waals surface area contributed by atoms with Crippen molar-refractivity contribution < 1.29 is 26.7 Å². The molecule has 1 aliphatic rings. The number of anilines is 1. The van der Waals surface area contributed by atoms with Crippen LogP contribution in [0.15, 0.2) is 46.2 Å². The van der Waals surface area contributed by atoms with Crippen molar-refractivity contribution >= 4 is 17.4 Å². The quantitative estimate of drug-likeness (QED) is 0.435. The topological polar surface area (TPSA) is 93.2 Å². The van der Waals surface area contributed by atoms with Crippen LogP contribution in [0.1, 0.15) is 12.0 Å². The second-order valence-corrected chi connectivity index (χ2v) is 8.12. The minimum atomic E-state index is -3.22. The fraction of sp³-hybridized carbons (Fsp3) is 0.273. The van der Waals surface area contributed by atoms with E-state index in [1.807, 2.05) is 0 Å². The second kappa shape index (κ2) is 10.1. The lowest BCUT2D eigenvalue weighted by atomic mass is 10.0. The smallest absolute Gasteiger partial charge is 0.345 e. The summed E-state index contributed by atoms with van der Waals surface area (Å²) in [4.78, 5) is 32.2. The van der Waals surface area contributed by atoms with Gasteiger partial charge in [-0.2, -0.15) is 14.0 Å². The molecule has 0 bridgehead atoms. The molecule has 1 fully saturated rings. The molecule has 1 aromatic carbocycles. The van der Waals surface area contributed by atoms with Gasteiger partial charge in [-0.15, -0.1) is 0 Å². The molecule has 2 aromatic heterocycles. The Labute approximate surface area is 204 Å². The molecule has 0 N–H and O–H groups in total. The maximum Gasteiger partial charge on any atom is 0.345 e. The number of nitriles is 1. The van der Waals surface area contributed by atoms with E-state index in [4.69, 9.17) is 11.6 Å². The Balaban J connectivity index is 2.03. The van der Waals surface area contributed by atoms with Gasteiger partial charge in [0.2, 0.25) is 0 Å². The molecule has 1 aliphatic heterocycles. The van der Waals surface area contributed by atoms with Gasteiger partial charge in [-0.25, -0.2) is 22.5 Å². The molecule has 0 radical (unpaired) electrons. The number of halogens is 6. The van der Waals surface area contributed by atoms with Crippen molar-refractivity contribution in [1.82, 2.24) is 14.1 Å². The van der Waals surface area contributed by atoms with Crippen molar-refractivity contribution in [2.24, 2.45) is 0 Å². The van der Waals surface area contributed by atoms with E-state index in [2.05, 4.69) is 9.72 Å². The number of ether oxygens (including phenoxy) is 1. The van der Waals surface area contributed by atoms with E-state index in [1.54, 1.807) is 6.07 Å². The number of rotatable bonds is 7. The second-order valence-electron chi connectivity index (χ2n) is 7.69. The van der Waals surface area contributed by atoms with E-state index in [1.165, 1.54) is 17.2 Å². The predicted octanol–water partition coefficient (Wildman–Crippen LogP) is 3.74. The zero-order chi connectivity index (χ0) is 26.1. The maximum absolute atomic E-state index is 14.0. The molecule has 3 aromatic rings. The average molecular weight is 528 g/mol. The average Bonchev–Trinajstić information content (AvgIpc) is 2.78. The summed E-state index contributed by atoms with van der Waals surface area (Å²) in [5.74, 6) is -1.40. The molecule has 4 rings (SSSR count). The first kappa shape index (κ1) is 25.3. The zero-order valence-electron chi connectivity index (χ0n) is 18.0. The van der Waals surface area contributed by atoms with Crippen LogP contribution in [0.5, 0.6) is 0 Å². The summed E-state index contributed by atoms with van der Waals surface area (Å²) in [6.07, 6.45) is -1.77. The third-order valence-corrected chi connectivity index (χ3v) is 5.67. The lowest BCUT2D eigenvalue weighted by Gasteiger charge is -2.41. The van der Waals surface area contributed by atoms with Gasteiger partial charge in [0.05, 0.1) is 40.2 Å². The van der Waals surface area contributed by atoms with Crippen LogP contribution >= 0.6 is 11.6 Å². The summed E-state index contributed by atoms with van der Waals surface area (Å²) in [7, 11) is 0. The van der Waals surface area contributed by atoms with Crippen LogP contribution in [-0.2, 0) is 11.3 Å². The fourth-order valence-corrected chi connectivity index (χ4v) is 4.06. The largest absolute Gasteiger partial charge is 0.352 e. The zero-order valence-corrected chi connectivity index (χ0v) is 18.8. The normalized spacial score (nSPS) is 13.8. The summed E-state index contributed by atoms with van der Waals surface area (Å²) in [6.45, 7) is -4.03. The molecule has 0 aliphatic carbocycles. The van der Waals surface area contributed by atoms with Gasteiger partial charge in [-0.3, -0.25) is 14.3 Å². The van der Waals surface area contributed by atoms with Crippen molar-refractivity contribution in [1.29, 1.82) is 5.26 Å². The van der Waals surface area contributed by atoms with Gasteiger partial charge in [0.25, 0.3) is 12.0 Å². The highest BCUT2D eigenvalue weighted by atomic mass is 35.5. The Morgan fingerprint density at radius 3 is 2.50 bits per heavy atom. The van der Waals surface area contributed by atoms with Crippen LogP contribution in [0.3, 0.4) is 0 Å². The monoisotopic (exact) mass is 527 g/mol. The van der Waals surface area contributed by atoms with Gasteiger partial charge in [0, 0.05) is 19.3 Å². The number of benzene rings is 1. The summed E-state index contributed by atoms with van der Waals surface area (Å²) < 4.78 is 72.1. The number of aromatic nitrogens is 3. The molecule has 0 spiro atoms. The molecule has 8 nitrogen and oxygen atoms in total. The van der Waals surface area contributed by atoms with E-state index < -0.39 is 48.3 Å². The van der Waals surface area contributed by atoms with Gasteiger partial charge in [-0.05, 0) is 23.8 Å². The molecule has 188 valence electrons. The number of alkyl halides is 4. The summed E-state index contributed by atoms with van der Waals surface area (Å²) in [5, 5.41) is 9.46. The molecule has 0 saturated carbocycles. The number of hydrogen-bond acceptors (Lipinski definition) is 6. The van der Waals surface area contributed by atoms with Crippen LogP contribution < -0.4 is 16.1 Å². The molecule has 0 atom stereocenters. The first-order chi connectivity index (χ1) is 17.1. The number of nitrogens with zero attached hydrogens (tertiary/aromatic N) is 5. The van der Waals surface area contributed by atoms with Gasteiger partial charge in [0.1, 0.15) is 18.2 Å². The summed E-state index contributed by atoms with van der Waals surface area (Å²) in [5.41, 5.74) is -3.57. The third kappa shape index (κ3) is 4.69. The standard InChI is InChI=1S/C22H15ClF5N5O3/c23-12-6-13(8-30-7-12)33-20(34)17(11-1-2-16(24)15(5-11)18(25)26)19(32(4-3-29)22(33)35)31-9-14(10-31)36-21(27)28/h1-2,5-8,14,18,21H,4,9-10H2. The third-order valence-electron chi connectivity index (χ3n) is 5.46. The van der Waals surface area contributed by atoms with Crippen LogP contribution in [-0.4, -0.2) is 39.9 Å². The van der Waals surface area contributed by atoms with Crippen LogP contribution in [0.4, 0.5) is 27.8 Å². The summed E-state index contributed by atoms with van der Waals surface area (Å²) in [6, 6.07) is 5.60.